The first-order valence-electron chi connectivity index (χ1n) is 11.2. The van der Waals surface area contributed by atoms with Crippen LogP contribution in [-0.4, -0.2) is 60.1 Å². The summed E-state index contributed by atoms with van der Waals surface area (Å²) in [6, 6.07) is 14.1. The number of carboxylic acids is 1. The van der Waals surface area contributed by atoms with Crippen LogP contribution in [0.5, 0.6) is 0 Å². The molecule has 2 amide bonds. The van der Waals surface area contributed by atoms with Crippen molar-refractivity contribution in [3.8, 4) is 11.1 Å². The van der Waals surface area contributed by atoms with E-state index in [1.54, 1.807) is 0 Å². The molecule has 2 aromatic rings. The molecule has 34 heavy (non-hydrogen) atoms. The summed E-state index contributed by atoms with van der Waals surface area (Å²) in [5.41, 5.74) is 4.10. The Hall–Kier alpha value is -3.49. The van der Waals surface area contributed by atoms with Gasteiger partial charge in [0.15, 0.2) is 0 Å². The van der Waals surface area contributed by atoms with Crippen LogP contribution in [0.15, 0.2) is 48.5 Å². The second-order valence-electron chi connectivity index (χ2n) is 8.70. The van der Waals surface area contributed by atoms with Gasteiger partial charge in [0.05, 0.1) is 13.0 Å². The van der Waals surface area contributed by atoms with E-state index < -0.39 is 43.4 Å². The number of hydrogen-bond donors (Lipinski definition) is 2. The number of nitrogens with zero attached hydrogens (tertiary/aromatic N) is 1. The highest BCUT2D eigenvalue weighted by Gasteiger charge is 2.34. The molecule has 1 atom stereocenters. The average Bonchev–Trinajstić information content (AvgIpc) is 3.56. The summed E-state index contributed by atoms with van der Waals surface area (Å²) in [5.74, 6) is -2.26. The van der Waals surface area contributed by atoms with Crippen LogP contribution >= 0.6 is 0 Å². The predicted octanol–water partition coefficient (Wildman–Crippen LogP) is 3.87. The van der Waals surface area contributed by atoms with Gasteiger partial charge in [-0.1, -0.05) is 48.5 Å². The lowest BCUT2D eigenvalue weighted by atomic mass is 9.98. The number of hydrogen-bond acceptors (Lipinski definition) is 4. The molecule has 1 fully saturated rings. The Labute approximate surface area is 195 Å². The summed E-state index contributed by atoms with van der Waals surface area (Å²) in [4.78, 5) is 37.7. The second-order valence-corrected chi connectivity index (χ2v) is 8.70. The highest BCUT2D eigenvalue weighted by Crippen LogP contribution is 2.44. The van der Waals surface area contributed by atoms with Gasteiger partial charge in [0.1, 0.15) is 12.6 Å². The van der Waals surface area contributed by atoms with Crippen molar-refractivity contribution >= 4 is 18.0 Å². The molecule has 4 rings (SSSR count). The molecule has 1 unspecified atom stereocenters. The van der Waals surface area contributed by atoms with E-state index in [0.717, 1.165) is 40.0 Å². The average molecular weight is 472 g/mol. The lowest BCUT2D eigenvalue weighted by Crippen LogP contribution is -2.51. The summed E-state index contributed by atoms with van der Waals surface area (Å²) in [6.45, 7) is -0.708. The van der Waals surface area contributed by atoms with E-state index in [1.165, 1.54) is 0 Å². The maximum atomic E-state index is 13.0. The minimum absolute atomic E-state index is 0.0172. The Morgan fingerprint density at radius 3 is 2.15 bits per heavy atom. The van der Waals surface area contributed by atoms with Crippen LogP contribution in [0.4, 0.5) is 13.6 Å². The number of carbonyl (C=O) groups is 3. The van der Waals surface area contributed by atoms with E-state index in [9.17, 15) is 28.3 Å². The third kappa shape index (κ3) is 5.52. The molecule has 2 aliphatic rings. The first-order chi connectivity index (χ1) is 16.3. The third-order valence-corrected chi connectivity index (χ3v) is 6.16. The summed E-state index contributed by atoms with van der Waals surface area (Å²) >= 11 is 0. The topological polar surface area (TPSA) is 95.9 Å². The Kier molecular flexibility index (Phi) is 7.09. The van der Waals surface area contributed by atoms with Gasteiger partial charge in [-0.3, -0.25) is 9.59 Å². The van der Waals surface area contributed by atoms with Crippen molar-refractivity contribution < 1.29 is 33.0 Å². The number of benzene rings is 2. The van der Waals surface area contributed by atoms with Crippen LogP contribution in [0.1, 0.15) is 36.3 Å². The van der Waals surface area contributed by atoms with Crippen LogP contribution in [-0.2, 0) is 14.3 Å². The van der Waals surface area contributed by atoms with Gasteiger partial charge in [-0.05, 0) is 41.0 Å². The van der Waals surface area contributed by atoms with Gasteiger partial charge in [-0.2, -0.15) is 0 Å². The van der Waals surface area contributed by atoms with Gasteiger partial charge < -0.3 is 20.1 Å². The first-order valence-corrected chi connectivity index (χ1v) is 11.2. The fourth-order valence-corrected chi connectivity index (χ4v) is 4.41. The quantitative estimate of drug-likeness (QED) is 0.547. The van der Waals surface area contributed by atoms with Crippen molar-refractivity contribution in [3.63, 3.8) is 0 Å². The zero-order valence-electron chi connectivity index (χ0n) is 18.5. The van der Waals surface area contributed by atoms with Crippen molar-refractivity contribution in [2.24, 2.45) is 5.92 Å². The van der Waals surface area contributed by atoms with Crippen LogP contribution in [0.25, 0.3) is 11.1 Å². The number of rotatable bonds is 10. The Balaban J connectivity index is 1.43. The zero-order valence-corrected chi connectivity index (χ0v) is 18.5. The van der Waals surface area contributed by atoms with Crippen molar-refractivity contribution in [1.29, 1.82) is 0 Å². The predicted molar refractivity (Wildman–Crippen MR) is 120 cm³/mol. The van der Waals surface area contributed by atoms with E-state index in [0.29, 0.717) is 0 Å². The molecular formula is C25H26F2N2O5. The molecule has 7 nitrogen and oxygen atoms in total. The minimum Gasteiger partial charge on any atom is -0.481 e. The number of carboxylic acid groups (broad SMARTS) is 1. The van der Waals surface area contributed by atoms with E-state index in [2.05, 4.69) is 5.32 Å². The number of amides is 2. The van der Waals surface area contributed by atoms with Crippen molar-refractivity contribution in [2.75, 3.05) is 19.7 Å². The molecule has 0 heterocycles. The molecule has 2 N–H and O–H groups in total. The zero-order chi connectivity index (χ0) is 24.2. The second kappa shape index (κ2) is 10.2. The Bertz CT molecular complexity index is 1020. The van der Waals surface area contributed by atoms with Crippen molar-refractivity contribution in [1.82, 2.24) is 10.2 Å². The molecular weight excluding hydrogens is 446 g/mol. The van der Waals surface area contributed by atoms with Crippen LogP contribution in [0.2, 0.25) is 0 Å². The summed E-state index contributed by atoms with van der Waals surface area (Å²) < 4.78 is 31.4. The molecule has 2 aromatic carbocycles. The normalized spacial score (nSPS) is 15.4. The number of alkyl carbamates (subject to hydrolysis) is 1. The van der Waals surface area contributed by atoms with Gasteiger partial charge in [-0.25, -0.2) is 13.6 Å². The molecule has 0 saturated heterocycles. The molecule has 180 valence electrons. The molecule has 0 radical (unpaired) electrons. The van der Waals surface area contributed by atoms with Crippen LogP contribution < -0.4 is 5.32 Å². The monoisotopic (exact) mass is 472 g/mol. The Morgan fingerprint density at radius 1 is 1.03 bits per heavy atom. The maximum absolute atomic E-state index is 13.0. The summed E-state index contributed by atoms with van der Waals surface area (Å²) in [7, 11) is 0. The number of aliphatic carboxylic acids is 1. The Morgan fingerprint density at radius 2 is 1.62 bits per heavy atom. The van der Waals surface area contributed by atoms with Gasteiger partial charge in [0.25, 0.3) is 6.43 Å². The number of ether oxygens (including phenoxy) is 1. The standard InChI is InChI=1S/C25H26F2N2O5/c26-22(27)13-29(12-15-9-10-15)24(32)21(11-23(30)31)28-25(33)34-14-20-18-7-3-1-5-16(18)17-6-2-4-8-19(17)20/h1-8,15,20-22H,9-14H2,(H,28,33)(H,30,31). The highest BCUT2D eigenvalue weighted by atomic mass is 19.3. The fraction of sp³-hybridized carbons (Fsp3) is 0.400. The van der Waals surface area contributed by atoms with Crippen molar-refractivity contribution in [3.05, 3.63) is 59.7 Å². The van der Waals surface area contributed by atoms with E-state index in [1.807, 2.05) is 48.5 Å². The largest absolute Gasteiger partial charge is 0.481 e. The fourth-order valence-electron chi connectivity index (χ4n) is 4.41. The number of halogens is 2. The molecule has 0 spiro atoms. The van der Waals surface area contributed by atoms with Gasteiger partial charge >= 0.3 is 12.1 Å². The molecule has 0 aromatic heterocycles. The van der Waals surface area contributed by atoms with Crippen LogP contribution in [0.3, 0.4) is 0 Å². The van der Waals surface area contributed by atoms with Crippen molar-refractivity contribution in [2.45, 2.75) is 37.6 Å². The van der Waals surface area contributed by atoms with Crippen LogP contribution in [0, 0.1) is 5.92 Å². The SMILES string of the molecule is O=C(O)CC(NC(=O)OCC1c2ccccc2-c2ccccc21)C(=O)N(CC(F)F)CC1CC1. The summed E-state index contributed by atoms with van der Waals surface area (Å²) in [5, 5.41) is 11.5. The number of alkyl halides is 2. The number of fused-ring (bicyclic) bond motifs is 3. The van der Waals surface area contributed by atoms with Gasteiger partial charge in [-0.15, -0.1) is 0 Å². The van der Waals surface area contributed by atoms with Gasteiger partial charge in [0.2, 0.25) is 5.91 Å². The minimum atomic E-state index is -2.76. The van der Waals surface area contributed by atoms with E-state index >= 15 is 0 Å². The number of nitrogens with one attached hydrogen (secondary N) is 1. The smallest absolute Gasteiger partial charge is 0.407 e. The molecule has 2 aliphatic carbocycles. The molecule has 9 heteroatoms. The maximum Gasteiger partial charge on any atom is 0.407 e. The highest BCUT2D eigenvalue weighted by molar-refractivity contribution is 5.89. The van der Waals surface area contributed by atoms with E-state index in [4.69, 9.17) is 4.74 Å². The first kappa shape index (κ1) is 23.7. The molecule has 0 bridgehead atoms. The third-order valence-electron chi connectivity index (χ3n) is 6.16. The number of carbonyl (C=O) groups excluding carboxylic acids is 2. The molecule has 0 aliphatic heterocycles. The lowest BCUT2D eigenvalue weighted by Gasteiger charge is -2.27. The summed E-state index contributed by atoms with van der Waals surface area (Å²) in [6.07, 6.45) is -2.80. The lowest BCUT2D eigenvalue weighted by molar-refractivity contribution is -0.143. The molecule has 1 saturated carbocycles. The van der Waals surface area contributed by atoms with Gasteiger partial charge in [0, 0.05) is 12.5 Å². The van der Waals surface area contributed by atoms with E-state index in [-0.39, 0.29) is 25.0 Å².